The standard InChI is InChI=1S/C14H19NO3/c1-10-5-6-11(2)12(9-10)7-8-15(3)13(16)14(17)18-4/h5-6,9H,7-8H2,1-4H3. The Labute approximate surface area is 108 Å². The van der Waals surface area contributed by atoms with Crippen LogP contribution in [0, 0.1) is 13.8 Å². The Bertz CT molecular complexity index is 454. The Morgan fingerprint density at radius 2 is 1.94 bits per heavy atom. The van der Waals surface area contributed by atoms with Gasteiger partial charge in [0.25, 0.3) is 0 Å². The molecular formula is C14H19NO3. The molecule has 1 aromatic carbocycles. The van der Waals surface area contributed by atoms with Gasteiger partial charge < -0.3 is 9.64 Å². The highest BCUT2D eigenvalue weighted by atomic mass is 16.5. The van der Waals surface area contributed by atoms with E-state index in [4.69, 9.17) is 0 Å². The summed E-state index contributed by atoms with van der Waals surface area (Å²) in [7, 11) is 2.81. The van der Waals surface area contributed by atoms with Crippen LogP contribution in [0.15, 0.2) is 18.2 Å². The van der Waals surface area contributed by atoms with Gasteiger partial charge in [-0.1, -0.05) is 23.8 Å². The largest absolute Gasteiger partial charge is 0.462 e. The van der Waals surface area contributed by atoms with Gasteiger partial charge in [-0.05, 0) is 31.4 Å². The highest BCUT2D eigenvalue weighted by Crippen LogP contribution is 2.11. The Morgan fingerprint density at radius 1 is 1.28 bits per heavy atom. The van der Waals surface area contributed by atoms with Crippen LogP contribution < -0.4 is 0 Å². The molecule has 18 heavy (non-hydrogen) atoms. The number of rotatable bonds is 3. The highest BCUT2D eigenvalue weighted by Gasteiger charge is 2.18. The lowest BCUT2D eigenvalue weighted by Crippen LogP contribution is -2.35. The molecule has 1 aromatic rings. The number of amides is 1. The molecule has 98 valence electrons. The molecular weight excluding hydrogens is 230 g/mol. The quantitative estimate of drug-likeness (QED) is 0.602. The zero-order chi connectivity index (χ0) is 13.7. The third-order valence-corrected chi connectivity index (χ3v) is 2.93. The Kier molecular flexibility index (Phi) is 4.89. The van der Waals surface area contributed by atoms with Crippen LogP contribution in [-0.4, -0.2) is 37.5 Å². The summed E-state index contributed by atoms with van der Waals surface area (Å²) < 4.78 is 4.40. The van der Waals surface area contributed by atoms with Gasteiger partial charge in [0.05, 0.1) is 7.11 Å². The maximum atomic E-state index is 11.5. The van der Waals surface area contributed by atoms with Gasteiger partial charge >= 0.3 is 11.9 Å². The average Bonchev–Trinajstić information content (AvgIpc) is 2.37. The first kappa shape index (κ1) is 14.2. The molecule has 4 nitrogen and oxygen atoms in total. The average molecular weight is 249 g/mol. The Balaban J connectivity index is 2.62. The summed E-state index contributed by atoms with van der Waals surface area (Å²) in [4.78, 5) is 24.0. The van der Waals surface area contributed by atoms with E-state index in [-0.39, 0.29) is 0 Å². The maximum absolute atomic E-state index is 11.5. The molecule has 0 saturated carbocycles. The molecule has 0 spiro atoms. The number of hydrogen-bond acceptors (Lipinski definition) is 3. The van der Waals surface area contributed by atoms with E-state index in [1.54, 1.807) is 7.05 Å². The monoisotopic (exact) mass is 249 g/mol. The van der Waals surface area contributed by atoms with Crippen LogP contribution >= 0.6 is 0 Å². The van der Waals surface area contributed by atoms with E-state index >= 15 is 0 Å². The Hall–Kier alpha value is -1.84. The number of methoxy groups -OCH3 is 1. The number of benzene rings is 1. The zero-order valence-corrected chi connectivity index (χ0v) is 11.3. The normalized spacial score (nSPS) is 10.0. The van der Waals surface area contributed by atoms with Crippen molar-refractivity contribution in [1.29, 1.82) is 0 Å². The number of carbonyl (C=O) groups is 2. The van der Waals surface area contributed by atoms with E-state index in [0.29, 0.717) is 6.54 Å². The minimum absolute atomic E-state index is 0.498. The fourth-order valence-electron chi connectivity index (χ4n) is 1.70. The van der Waals surface area contributed by atoms with Crippen LogP contribution in [0.1, 0.15) is 16.7 Å². The lowest BCUT2D eigenvalue weighted by molar-refractivity contribution is -0.157. The van der Waals surface area contributed by atoms with E-state index < -0.39 is 11.9 Å². The molecule has 0 unspecified atom stereocenters. The van der Waals surface area contributed by atoms with Crippen LogP contribution in [0.4, 0.5) is 0 Å². The summed E-state index contributed by atoms with van der Waals surface area (Å²) in [6.07, 6.45) is 0.729. The van der Waals surface area contributed by atoms with Gasteiger partial charge in [0, 0.05) is 13.6 Å². The van der Waals surface area contributed by atoms with Crippen LogP contribution in [0.2, 0.25) is 0 Å². The maximum Gasteiger partial charge on any atom is 0.396 e. The molecule has 0 aliphatic heterocycles. The van der Waals surface area contributed by atoms with Gasteiger partial charge in [-0.2, -0.15) is 0 Å². The summed E-state index contributed by atoms with van der Waals surface area (Å²) in [5, 5.41) is 0. The summed E-state index contributed by atoms with van der Waals surface area (Å²) in [6.45, 7) is 4.57. The lowest BCUT2D eigenvalue weighted by atomic mass is 10.0. The molecule has 0 aliphatic carbocycles. The lowest BCUT2D eigenvalue weighted by Gasteiger charge is -2.16. The second kappa shape index (κ2) is 6.19. The first-order valence-corrected chi connectivity index (χ1v) is 5.85. The number of hydrogen-bond donors (Lipinski definition) is 0. The van der Waals surface area contributed by atoms with Gasteiger partial charge in [-0.3, -0.25) is 4.79 Å². The number of nitrogens with zero attached hydrogens (tertiary/aromatic N) is 1. The summed E-state index contributed by atoms with van der Waals surface area (Å²) >= 11 is 0. The molecule has 0 aliphatic rings. The molecule has 0 atom stereocenters. The van der Waals surface area contributed by atoms with Gasteiger partial charge in [0.1, 0.15) is 0 Å². The third kappa shape index (κ3) is 3.58. The fourth-order valence-corrected chi connectivity index (χ4v) is 1.70. The topological polar surface area (TPSA) is 46.6 Å². The minimum atomic E-state index is -0.821. The van der Waals surface area contributed by atoms with Crippen molar-refractivity contribution in [2.45, 2.75) is 20.3 Å². The van der Waals surface area contributed by atoms with Crippen molar-refractivity contribution in [2.24, 2.45) is 0 Å². The SMILES string of the molecule is COC(=O)C(=O)N(C)CCc1cc(C)ccc1C. The molecule has 1 rings (SSSR count). The van der Waals surface area contributed by atoms with Crippen molar-refractivity contribution >= 4 is 11.9 Å². The van der Waals surface area contributed by atoms with Gasteiger partial charge in [-0.15, -0.1) is 0 Å². The van der Waals surface area contributed by atoms with Crippen LogP contribution in [-0.2, 0) is 20.7 Å². The molecule has 4 heteroatoms. The van der Waals surface area contributed by atoms with E-state index in [1.807, 2.05) is 13.8 Å². The number of ether oxygens (including phenoxy) is 1. The number of esters is 1. The predicted molar refractivity (Wildman–Crippen MR) is 69.3 cm³/mol. The number of likely N-dealkylation sites (N-methyl/N-ethyl adjacent to an activating group) is 1. The van der Waals surface area contributed by atoms with Crippen molar-refractivity contribution in [3.05, 3.63) is 34.9 Å². The van der Waals surface area contributed by atoms with Crippen LogP contribution in [0.3, 0.4) is 0 Å². The smallest absolute Gasteiger partial charge is 0.396 e. The van der Waals surface area contributed by atoms with Crippen molar-refractivity contribution in [2.75, 3.05) is 20.7 Å². The summed E-state index contributed by atoms with van der Waals surface area (Å²) in [6, 6.07) is 6.22. The minimum Gasteiger partial charge on any atom is -0.462 e. The molecule has 0 radical (unpaired) electrons. The van der Waals surface area contributed by atoms with E-state index in [2.05, 4.69) is 22.9 Å². The molecule has 0 fully saturated rings. The van der Waals surface area contributed by atoms with E-state index in [9.17, 15) is 9.59 Å². The number of aryl methyl sites for hydroxylation is 2. The van der Waals surface area contributed by atoms with Crippen molar-refractivity contribution < 1.29 is 14.3 Å². The highest BCUT2D eigenvalue weighted by molar-refractivity contribution is 6.32. The summed E-state index contributed by atoms with van der Waals surface area (Å²) in [5.74, 6) is -1.43. The van der Waals surface area contributed by atoms with Crippen molar-refractivity contribution in [1.82, 2.24) is 4.90 Å². The molecule has 0 bridgehead atoms. The molecule has 1 amide bonds. The third-order valence-electron chi connectivity index (χ3n) is 2.93. The van der Waals surface area contributed by atoms with Gasteiger partial charge in [0.15, 0.2) is 0 Å². The van der Waals surface area contributed by atoms with Crippen LogP contribution in [0.5, 0.6) is 0 Å². The van der Waals surface area contributed by atoms with Gasteiger partial charge in [-0.25, -0.2) is 4.79 Å². The Morgan fingerprint density at radius 3 is 2.56 bits per heavy atom. The summed E-state index contributed by atoms with van der Waals surface area (Å²) in [5.41, 5.74) is 3.58. The van der Waals surface area contributed by atoms with Crippen LogP contribution in [0.25, 0.3) is 0 Å². The second-order valence-electron chi connectivity index (χ2n) is 4.40. The van der Waals surface area contributed by atoms with E-state index in [0.717, 1.165) is 6.42 Å². The molecule has 0 saturated heterocycles. The number of carbonyl (C=O) groups excluding carboxylic acids is 2. The first-order valence-electron chi connectivity index (χ1n) is 5.85. The molecule has 0 heterocycles. The predicted octanol–water partition coefficient (Wildman–Crippen LogP) is 1.48. The van der Waals surface area contributed by atoms with Gasteiger partial charge in [0.2, 0.25) is 0 Å². The molecule has 0 aromatic heterocycles. The van der Waals surface area contributed by atoms with Crippen molar-refractivity contribution in [3.63, 3.8) is 0 Å². The second-order valence-corrected chi connectivity index (χ2v) is 4.40. The van der Waals surface area contributed by atoms with E-state index in [1.165, 1.54) is 28.7 Å². The molecule has 0 N–H and O–H groups in total. The zero-order valence-electron chi connectivity index (χ0n) is 11.3. The van der Waals surface area contributed by atoms with Crippen molar-refractivity contribution in [3.8, 4) is 0 Å². The first-order chi connectivity index (χ1) is 8.45. The fraction of sp³-hybridized carbons (Fsp3) is 0.429.